The molecule has 0 aliphatic rings. The number of hydrogen-bond acceptors (Lipinski definition) is 3. The van der Waals surface area contributed by atoms with Gasteiger partial charge in [0.1, 0.15) is 11.4 Å². The van der Waals surface area contributed by atoms with Gasteiger partial charge in [-0.3, -0.25) is 4.79 Å². The molecular weight excluding hydrogens is 246 g/mol. The largest absolute Gasteiger partial charge is 0.495 e. The highest BCUT2D eigenvalue weighted by molar-refractivity contribution is 6.32. The van der Waals surface area contributed by atoms with Gasteiger partial charge in [-0.2, -0.15) is 0 Å². The Labute approximate surface area is 101 Å². The van der Waals surface area contributed by atoms with E-state index < -0.39 is 11.4 Å². The van der Waals surface area contributed by atoms with Crippen molar-refractivity contribution in [3.8, 4) is 5.75 Å². The molecular formula is C11H8ClNO4. The SMILES string of the molecule is COc1cc2c(=O)cc(C(=O)O)[nH]c2cc1Cl. The summed E-state index contributed by atoms with van der Waals surface area (Å²) < 4.78 is 4.98. The maximum atomic E-state index is 11.7. The van der Waals surface area contributed by atoms with Crippen LogP contribution in [0.1, 0.15) is 10.5 Å². The zero-order valence-electron chi connectivity index (χ0n) is 8.78. The molecule has 0 fully saturated rings. The van der Waals surface area contributed by atoms with Crippen LogP contribution in [0.2, 0.25) is 5.02 Å². The van der Waals surface area contributed by atoms with E-state index in [1.165, 1.54) is 19.2 Å². The Bertz CT molecular complexity index is 662. The van der Waals surface area contributed by atoms with E-state index in [1.54, 1.807) is 0 Å². The zero-order chi connectivity index (χ0) is 12.6. The number of aromatic nitrogens is 1. The van der Waals surface area contributed by atoms with Gasteiger partial charge in [-0.1, -0.05) is 11.6 Å². The summed E-state index contributed by atoms with van der Waals surface area (Å²) in [4.78, 5) is 25.1. The van der Waals surface area contributed by atoms with E-state index in [4.69, 9.17) is 21.4 Å². The summed E-state index contributed by atoms with van der Waals surface area (Å²) in [6, 6.07) is 3.96. The Kier molecular flexibility index (Phi) is 2.77. The highest BCUT2D eigenvalue weighted by Crippen LogP contribution is 2.27. The van der Waals surface area contributed by atoms with Crippen molar-refractivity contribution in [2.75, 3.05) is 7.11 Å². The van der Waals surface area contributed by atoms with Gasteiger partial charge in [0.2, 0.25) is 0 Å². The molecule has 0 amide bonds. The number of carboxylic acids is 1. The lowest BCUT2D eigenvalue weighted by atomic mass is 10.2. The number of fused-ring (bicyclic) bond motifs is 1. The van der Waals surface area contributed by atoms with E-state index in [2.05, 4.69) is 4.98 Å². The normalized spacial score (nSPS) is 10.5. The second kappa shape index (κ2) is 4.10. The molecule has 2 rings (SSSR count). The van der Waals surface area contributed by atoms with Gasteiger partial charge in [0, 0.05) is 11.5 Å². The summed E-state index contributed by atoms with van der Waals surface area (Å²) >= 11 is 5.89. The minimum absolute atomic E-state index is 0.177. The number of carbonyl (C=O) groups is 1. The number of aromatic amines is 1. The Hall–Kier alpha value is -2.01. The van der Waals surface area contributed by atoms with Crippen molar-refractivity contribution >= 4 is 28.5 Å². The van der Waals surface area contributed by atoms with Crippen LogP contribution in [0.4, 0.5) is 0 Å². The fraction of sp³-hybridized carbons (Fsp3) is 0.0909. The highest BCUT2D eigenvalue weighted by atomic mass is 35.5. The molecule has 0 atom stereocenters. The quantitative estimate of drug-likeness (QED) is 0.857. The molecule has 6 heteroatoms. The molecule has 2 N–H and O–H groups in total. The monoisotopic (exact) mass is 253 g/mol. The molecule has 0 saturated carbocycles. The van der Waals surface area contributed by atoms with Crippen molar-refractivity contribution in [1.82, 2.24) is 4.98 Å². The number of carboxylic acid groups (broad SMARTS) is 1. The van der Waals surface area contributed by atoms with Gasteiger partial charge < -0.3 is 14.8 Å². The first-order chi connectivity index (χ1) is 8.02. The first-order valence-corrected chi connectivity index (χ1v) is 5.04. The number of aromatic carboxylic acids is 1. The van der Waals surface area contributed by atoms with Crippen molar-refractivity contribution in [2.45, 2.75) is 0 Å². The van der Waals surface area contributed by atoms with Crippen LogP contribution in [-0.4, -0.2) is 23.2 Å². The number of nitrogens with one attached hydrogen (secondary N) is 1. The Morgan fingerprint density at radius 3 is 2.71 bits per heavy atom. The van der Waals surface area contributed by atoms with Crippen LogP contribution >= 0.6 is 11.6 Å². The van der Waals surface area contributed by atoms with Gasteiger partial charge in [-0.05, 0) is 12.1 Å². The average molecular weight is 254 g/mol. The third kappa shape index (κ3) is 1.97. The van der Waals surface area contributed by atoms with Gasteiger partial charge in [-0.15, -0.1) is 0 Å². The third-order valence-corrected chi connectivity index (χ3v) is 2.63. The predicted molar refractivity (Wildman–Crippen MR) is 63.1 cm³/mol. The van der Waals surface area contributed by atoms with E-state index in [0.29, 0.717) is 21.7 Å². The molecule has 17 heavy (non-hydrogen) atoms. The predicted octanol–water partition coefficient (Wildman–Crippen LogP) is 1.89. The molecule has 0 spiro atoms. The number of H-pyrrole nitrogens is 1. The number of methoxy groups -OCH3 is 1. The Balaban J connectivity index is 2.82. The van der Waals surface area contributed by atoms with E-state index in [9.17, 15) is 9.59 Å². The molecule has 0 bridgehead atoms. The van der Waals surface area contributed by atoms with Gasteiger partial charge >= 0.3 is 5.97 Å². The van der Waals surface area contributed by atoms with Gasteiger partial charge in [0.15, 0.2) is 5.43 Å². The maximum absolute atomic E-state index is 11.7. The van der Waals surface area contributed by atoms with E-state index in [1.807, 2.05) is 0 Å². The van der Waals surface area contributed by atoms with Gasteiger partial charge in [0.05, 0.1) is 17.6 Å². The summed E-state index contributed by atoms with van der Waals surface area (Å²) in [6.07, 6.45) is 0. The summed E-state index contributed by atoms with van der Waals surface area (Å²) in [6.45, 7) is 0. The molecule has 5 nitrogen and oxygen atoms in total. The maximum Gasteiger partial charge on any atom is 0.352 e. The lowest BCUT2D eigenvalue weighted by Gasteiger charge is -2.05. The van der Waals surface area contributed by atoms with Crippen LogP contribution in [0, 0.1) is 0 Å². The number of ether oxygens (including phenoxy) is 1. The van der Waals surface area contributed by atoms with Gasteiger partial charge in [0.25, 0.3) is 0 Å². The molecule has 1 heterocycles. The summed E-state index contributed by atoms with van der Waals surface area (Å²) in [5.41, 5.74) is -0.212. The fourth-order valence-electron chi connectivity index (χ4n) is 1.52. The molecule has 2 aromatic rings. The molecule has 1 aromatic carbocycles. The van der Waals surface area contributed by atoms with Crippen molar-refractivity contribution < 1.29 is 14.6 Å². The standard InChI is InChI=1S/C11H8ClNO4/c1-17-10-2-5-7(3-6(10)12)13-8(11(15)16)4-9(5)14/h2-4H,1H3,(H,13,14)(H,15,16). The molecule has 0 saturated heterocycles. The number of halogens is 1. The van der Waals surface area contributed by atoms with Crippen LogP contribution in [0.25, 0.3) is 10.9 Å². The topological polar surface area (TPSA) is 79.4 Å². The molecule has 0 aliphatic carbocycles. The number of pyridine rings is 1. The van der Waals surface area contributed by atoms with Crippen molar-refractivity contribution in [3.63, 3.8) is 0 Å². The Morgan fingerprint density at radius 1 is 1.41 bits per heavy atom. The molecule has 0 aliphatic heterocycles. The fourth-order valence-corrected chi connectivity index (χ4v) is 1.76. The zero-order valence-corrected chi connectivity index (χ0v) is 9.54. The van der Waals surface area contributed by atoms with E-state index in [0.717, 1.165) is 6.07 Å². The first kappa shape index (κ1) is 11.5. The van der Waals surface area contributed by atoms with Crippen LogP contribution < -0.4 is 10.2 Å². The van der Waals surface area contributed by atoms with Crippen LogP contribution in [0.3, 0.4) is 0 Å². The molecule has 88 valence electrons. The highest BCUT2D eigenvalue weighted by Gasteiger charge is 2.10. The van der Waals surface area contributed by atoms with Crippen molar-refractivity contribution in [1.29, 1.82) is 0 Å². The summed E-state index contributed by atoms with van der Waals surface area (Å²) in [5, 5.41) is 9.44. The van der Waals surface area contributed by atoms with Crippen LogP contribution in [0.15, 0.2) is 23.0 Å². The number of hydrogen-bond donors (Lipinski definition) is 2. The second-order valence-electron chi connectivity index (χ2n) is 3.38. The van der Waals surface area contributed by atoms with Gasteiger partial charge in [-0.25, -0.2) is 4.79 Å². The molecule has 1 aromatic heterocycles. The molecule has 0 unspecified atom stereocenters. The Morgan fingerprint density at radius 2 is 2.12 bits per heavy atom. The first-order valence-electron chi connectivity index (χ1n) is 4.67. The number of benzene rings is 1. The smallest absolute Gasteiger partial charge is 0.352 e. The van der Waals surface area contributed by atoms with Crippen molar-refractivity contribution in [3.05, 3.63) is 39.1 Å². The molecule has 0 radical (unpaired) electrons. The van der Waals surface area contributed by atoms with Crippen LogP contribution in [-0.2, 0) is 0 Å². The minimum Gasteiger partial charge on any atom is -0.495 e. The lowest BCUT2D eigenvalue weighted by Crippen LogP contribution is -2.09. The minimum atomic E-state index is -1.20. The average Bonchev–Trinajstić information content (AvgIpc) is 2.27. The van der Waals surface area contributed by atoms with E-state index >= 15 is 0 Å². The van der Waals surface area contributed by atoms with Crippen LogP contribution in [0.5, 0.6) is 5.75 Å². The summed E-state index contributed by atoms with van der Waals surface area (Å²) in [5.74, 6) is -0.830. The third-order valence-electron chi connectivity index (χ3n) is 2.33. The summed E-state index contributed by atoms with van der Waals surface area (Å²) in [7, 11) is 1.44. The lowest BCUT2D eigenvalue weighted by molar-refractivity contribution is 0.0691. The number of rotatable bonds is 2. The van der Waals surface area contributed by atoms with Crippen molar-refractivity contribution in [2.24, 2.45) is 0 Å². The van der Waals surface area contributed by atoms with E-state index in [-0.39, 0.29) is 5.69 Å². The second-order valence-corrected chi connectivity index (χ2v) is 3.79.